The Morgan fingerprint density at radius 2 is 1.92 bits per heavy atom. The number of carbonyl (C=O) groups is 2. The predicted molar refractivity (Wildman–Crippen MR) is 88.9 cm³/mol. The Morgan fingerprint density at radius 3 is 2.58 bits per heavy atom. The highest BCUT2D eigenvalue weighted by molar-refractivity contribution is 6.03. The molecule has 0 saturated heterocycles. The normalized spacial score (nSPS) is 10.5. The van der Waals surface area contributed by atoms with Gasteiger partial charge in [0, 0.05) is 23.9 Å². The summed E-state index contributed by atoms with van der Waals surface area (Å²) in [5.41, 5.74) is 1.39. The molecule has 0 spiro atoms. The largest absolute Gasteiger partial charge is 0.478 e. The molecule has 24 heavy (non-hydrogen) atoms. The number of carboxylic acid groups (broad SMARTS) is 1. The number of rotatable bonds is 5. The molecule has 0 fully saturated rings. The molecule has 7 nitrogen and oxygen atoms in total. The number of carboxylic acids is 1. The van der Waals surface area contributed by atoms with Gasteiger partial charge in [0.2, 0.25) is 5.91 Å². The number of nitro benzene ring substituents is 1. The number of aromatic carboxylic acids is 1. The first-order chi connectivity index (χ1) is 11.4. The van der Waals surface area contributed by atoms with Gasteiger partial charge >= 0.3 is 5.97 Å². The van der Waals surface area contributed by atoms with Crippen molar-refractivity contribution >= 4 is 29.3 Å². The van der Waals surface area contributed by atoms with E-state index in [1.165, 1.54) is 42.5 Å². The SMILES string of the molecule is Cc1c(NC(=O)/C=C/c2cccc([N+](=O)[O-])c2)cccc1C(=O)O. The lowest BCUT2D eigenvalue weighted by Crippen LogP contribution is -2.11. The minimum Gasteiger partial charge on any atom is -0.478 e. The summed E-state index contributed by atoms with van der Waals surface area (Å²) in [5.74, 6) is -1.54. The van der Waals surface area contributed by atoms with Gasteiger partial charge in [-0.3, -0.25) is 14.9 Å². The summed E-state index contributed by atoms with van der Waals surface area (Å²) >= 11 is 0. The topological polar surface area (TPSA) is 110 Å². The highest BCUT2D eigenvalue weighted by Gasteiger charge is 2.11. The van der Waals surface area contributed by atoms with Gasteiger partial charge in [-0.15, -0.1) is 0 Å². The van der Waals surface area contributed by atoms with Gasteiger partial charge in [-0.2, -0.15) is 0 Å². The van der Waals surface area contributed by atoms with Gasteiger partial charge in [0.1, 0.15) is 0 Å². The van der Waals surface area contributed by atoms with Crippen LogP contribution < -0.4 is 5.32 Å². The first-order valence-electron chi connectivity index (χ1n) is 6.95. The van der Waals surface area contributed by atoms with Gasteiger partial charge in [-0.1, -0.05) is 18.2 Å². The zero-order valence-electron chi connectivity index (χ0n) is 12.7. The van der Waals surface area contributed by atoms with Crippen LogP contribution in [0.4, 0.5) is 11.4 Å². The number of carbonyl (C=O) groups excluding carboxylic acids is 1. The van der Waals surface area contributed by atoms with Crippen molar-refractivity contribution in [2.24, 2.45) is 0 Å². The fraction of sp³-hybridized carbons (Fsp3) is 0.0588. The van der Waals surface area contributed by atoms with Crippen molar-refractivity contribution in [2.45, 2.75) is 6.92 Å². The molecule has 0 aliphatic carbocycles. The first kappa shape index (κ1) is 16.9. The first-order valence-corrected chi connectivity index (χ1v) is 6.95. The Kier molecular flexibility index (Phi) is 5.06. The van der Waals surface area contributed by atoms with Crippen LogP contribution in [0.3, 0.4) is 0 Å². The van der Waals surface area contributed by atoms with Crippen molar-refractivity contribution in [3.05, 3.63) is 75.3 Å². The maximum absolute atomic E-state index is 12.0. The van der Waals surface area contributed by atoms with E-state index in [0.29, 0.717) is 16.8 Å². The van der Waals surface area contributed by atoms with E-state index in [0.717, 1.165) is 0 Å². The van der Waals surface area contributed by atoms with E-state index in [2.05, 4.69) is 5.32 Å². The number of hydrogen-bond acceptors (Lipinski definition) is 4. The summed E-state index contributed by atoms with van der Waals surface area (Å²) in [6.07, 6.45) is 2.67. The molecule has 2 rings (SSSR count). The third kappa shape index (κ3) is 4.04. The van der Waals surface area contributed by atoms with Crippen molar-refractivity contribution < 1.29 is 19.6 Å². The zero-order valence-corrected chi connectivity index (χ0v) is 12.7. The lowest BCUT2D eigenvalue weighted by molar-refractivity contribution is -0.384. The molecule has 2 aromatic carbocycles. The Morgan fingerprint density at radius 1 is 1.21 bits per heavy atom. The molecule has 2 aromatic rings. The van der Waals surface area contributed by atoms with Crippen molar-refractivity contribution in [2.75, 3.05) is 5.32 Å². The minimum atomic E-state index is -1.07. The lowest BCUT2D eigenvalue weighted by atomic mass is 10.1. The molecule has 0 aliphatic heterocycles. The lowest BCUT2D eigenvalue weighted by Gasteiger charge is -2.08. The van der Waals surface area contributed by atoms with Crippen molar-refractivity contribution in [1.29, 1.82) is 0 Å². The molecule has 0 aliphatic rings. The third-order valence-corrected chi connectivity index (χ3v) is 3.33. The third-order valence-electron chi connectivity index (χ3n) is 3.33. The highest BCUT2D eigenvalue weighted by atomic mass is 16.6. The number of nitrogens with zero attached hydrogens (tertiary/aromatic N) is 1. The van der Waals surface area contributed by atoms with Gasteiger partial charge < -0.3 is 10.4 Å². The second-order valence-corrected chi connectivity index (χ2v) is 4.96. The number of non-ortho nitro benzene ring substituents is 1. The molecule has 1 amide bonds. The second kappa shape index (κ2) is 7.19. The second-order valence-electron chi connectivity index (χ2n) is 4.96. The maximum Gasteiger partial charge on any atom is 0.336 e. The number of nitrogens with one attached hydrogen (secondary N) is 1. The number of nitro groups is 1. The van der Waals surface area contributed by atoms with Crippen LogP contribution in [0.2, 0.25) is 0 Å². The summed E-state index contributed by atoms with van der Waals surface area (Å²) in [4.78, 5) is 33.2. The highest BCUT2D eigenvalue weighted by Crippen LogP contribution is 2.19. The monoisotopic (exact) mass is 326 g/mol. The molecule has 7 heteroatoms. The summed E-state index contributed by atoms with van der Waals surface area (Å²) in [6.45, 7) is 1.60. The van der Waals surface area contributed by atoms with Gasteiger partial charge in [-0.25, -0.2) is 4.79 Å². The molecular formula is C17H14N2O5. The number of hydrogen-bond donors (Lipinski definition) is 2. The van der Waals surface area contributed by atoms with Gasteiger partial charge in [0.05, 0.1) is 10.5 Å². The molecule has 0 bridgehead atoms. The van der Waals surface area contributed by atoms with E-state index >= 15 is 0 Å². The predicted octanol–water partition coefficient (Wildman–Crippen LogP) is 3.25. The van der Waals surface area contributed by atoms with Crippen LogP contribution >= 0.6 is 0 Å². The van der Waals surface area contributed by atoms with Gasteiger partial charge in [0.25, 0.3) is 5.69 Å². The van der Waals surface area contributed by atoms with Crippen LogP contribution in [0.25, 0.3) is 6.08 Å². The van der Waals surface area contributed by atoms with Gasteiger partial charge in [-0.05, 0) is 36.3 Å². The van der Waals surface area contributed by atoms with E-state index in [9.17, 15) is 19.7 Å². The van der Waals surface area contributed by atoms with E-state index in [4.69, 9.17) is 5.11 Å². The molecule has 0 unspecified atom stereocenters. The molecular weight excluding hydrogens is 312 g/mol. The number of amides is 1. The van der Waals surface area contributed by atoms with Crippen LogP contribution in [-0.2, 0) is 4.79 Å². The zero-order chi connectivity index (χ0) is 17.7. The Bertz CT molecular complexity index is 843. The Balaban J connectivity index is 2.14. The smallest absolute Gasteiger partial charge is 0.336 e. The molecule has 122 valence electrons. The quantitative estimate of drug-likeness (QED) is 0.498. The molecule has 0 heterocycles. The van der Waals surface area contributed by atoms with Crippen LogP contribution in [0.5, 0.6) is 0 Å². The van der Waals surface area contributed by atoms with Crippen LogP contribution in [-0.4, -0.2) is 21.9 Å². The Hall–Kier alpha value is -3.48. The van der Waals surface area contributed by atoms with Crippen molar-refractivity contribution in [3.8, 4) is 0 Å². The summed E-state index contributed by atoms with van der Waals surface area (Å²) < 4.78 is 0. The summed E-state index contributed by atoms with van der Waals surface area (Å²) in [7, 11) is 0. The molecule has 0 atom stereocenters. The van der Waals surface area contributed by atoms with Crippen molar-refractivity contribution in [1.82, 2.24) is 0 Å². The van der Waals surface area contributed by atoms with E-state index in [1.807, 2.05) is 0 Å². The molecule has 0 radical (unpaired) electrons. The van der Waals surface area contributed by atoms with Crippen molar-refractivity contribution in [3.63, 3.8) is 0 Å². The van der Waals surface area contributed by atoms with Crippen LogP contribution in [0.15, 0.2) is 48.5 Å². The molecule has 0 aromatic heterocycles. The van der Waals surface area contributed by atoms with Crippen LogP contribution in [0, 0.1) is 17.0 Å². The minimum absolute atomic E-state index is 0.0671. The molecule has 2 N–H and O–H groups in total. The fourth-order valence-electron chi connectivity index (χ4n) is 2.09. The number of benzene rings is 2. The molecule has 0 saturated carbocycles. The average molecular weight is 326 g/mol. The summed E-state index contributed by atoms with van der Waals surface area (Å²) in [5, 5.41) is 22.4. The van der Waals surface area contributed by atoms with E-state index in [1.54, 1.807) is 19.1 Å². The van der Waals surface area contributed by atoms with Crippen LogP contribution in [0.1, 0.15) is 21.5 Å². The average Bonchev–Trinajstić information content (AvgIpc) is 2.55. The fourth-order valence-corrected chi connectivity index (χ4v) is 2.09. The maximum atomic E-state index is 12.0. The van der Waals surface area contributed by atoms with E-state index < -0.39 is 16.8 Å². The summed E-state index contributed by atoms with van der Waals surface area (Å²) in [6, 6.07) is 10.4. The van der Waals surface area contributed by atoms with E-state index in [-0.39, 0.29) is 11.3 Å². The number of anilines is 1. The standard InChI is InChI=1S/C17H14N2O5/c1-11-14(17(21)22)6-3-7-15(11)18-16(20)9-8-12-4-2-5-13(10-12)19(23)24/h2-10H,1H3,(H,18,20)(H,21,22)/b9-8+. The van der Waals surface area contributed by atoms with Gasteiger partial charge in [0.15, 0.2) is 0 Å². The Labute approximate surface area is 137 Å².